The summed E-state index contributed by atoms with van der Waals surface area (Å²) in [4.78, 5) is 21.7. The second-order valence-electron chi connectivity index (χ2n) is 4.64. The van der Waals surface area contributed by atoms with E-state index in [1.54, 1.807) is 18.2 Å². The van der Waals surface area contributed by atoms with Gasteiger partial charge < -0.3 is 0 Å². The molecule has 0 aliphatic carbocycles. The zero-order valence-electron chi connectivity index (χ0n) is 11.9. The van der Waals surface area contributed by atoms with Crippen LogP contribution < -0.4 is 5.56 Å². The molecule has 0 N–H and O–H groups in total. The van der Waals surface area contributed by atoms with Gasteiger partial charge in [0.05, 0.1) is 22.7 Å². The number of fused-ring (bicyclic) bond motifs is 1. The van der Waals surface area contributed by atoms with Gasteiger partial charge in [0.25, 0.3) is 5.56 Å². The number of hydrogen-bond donors (Lipinski definition) is 0. The minimum atomic E-state index is -0.177. The molecule has 2 aromatic heterocycles. The van der Waals surface area contributed by atoms with E-state index in [-0.39, 0.29) is 11.3 Å². The van der Waals surface area contributed by atoms with Gasteiger partial charge in [0.1, 0.15) is 5.82 Å². The number of hydrogen-bond acceptors (Lipinski definition) is 5. The molecule has 0 atom stereocenters. The van der Waals surface area contributed by atoms with Crippen LogP contribution in [-0.2, 0) is 0 Å². The van der Waals surface area contributed by atoms with Gasteiger partial charge in [0, 0.05) is 5.69 Å². The van der Waals surface area contributed by atoms with Crippen molar-refractivity contribution in [3.8, 4) is 11.9 Å². The van der Waals surface area contributed by atoms with Crippen molar-refractivity contribution in [2.24, 2.45) is 0 Å². The number of benzene rings is 1. The summed E-state index contributed by atoms with van der Waals surface area (Å²) in [5, 5.41) is 9.82. The minimum Gasteiger partial charge on any atom is -0.268 e. The second kappa shape index (κ2) is 6.00. The van der Waals surface area contributed by atoms with E-state index in [0.29, 0.717) is 21.9 Å². The van der Waals surface area contributed by atoms with Gasteiger partial charge in [-0.3, -0.25) is 4.79 Å². The Morgan fingerprint density at radius 2 is 2.00 bits per heavy atom. The average molecular weight is 308 g/mol. The summed E-state index contributed by atoms with van der Waals surface area (Å²) >= 11 is 1.23. The molecule has 0 aliphatic rings. The smallest absolute Gasteiger partial charge is 0.267 e. The number of rotatable bonds is 3. The summed E-state index contributed by atoms with van der Waals surface area (Å²) in [5.41, 5.74) is 1.26. The molecule has 3 rings (SSSR count). The molecule has 6 heteroatoms. The van der Waals surface area contributed by atoms with Gasteiger partial charge in [0.15, 0.2) is 5.16 Å². The van der Waals surface area contributed by atoms with E-state index < -0.39 is 0 Å². The molecule has 2 heterocycles. The molecule has 0 saturated carbocycles. The molecule has 22 heavy (non-hydrogen) atoms. The summed E-state index contributed by atoms with van der Waals surface area (Å²) in [6.07, 6.45) is 0. The Morgan fingerprint density at radius 3 is 2.77 bits per heavy atom. The van der Waals surface area contributed by atoms with E-state index in [4.69, 9.17) is 5.26 Å². The number of nitrogens with zero attached hydrogens (tertiary/aromatic N) is 4. The highest BCUT2D eigenvalue weighted by Crippen LogP contribution is 2.20. The van der Waals surface area contributed by atoms with E-state index in [1.807, 2.05) is 31.2 Å². The fraction of sp³-hybridized carbons (Fsp3) is 0.125. The van der Waals surface area contributed by atoms with Crippen LogP contribution in [0.3, 0.4) is 0 Å². The Kier molecular flexibility index (Phi) is 3.90. The molecule has 1 aromatic carbocycles. The third-order valence-corrected chi connectivity index (χ3v) is 3.92. The summed E-state index contributed by atoms with van der Waals surface area (Å²) in [6, 6.07) is 14.7. The number of aromatic nitrogens is 3. The van der Waals surface area contributed by atoms with Crippen LogP contribution in [0.25, 0.3) is 16.7 Å². The molecular formula is C16H12N4OS. The first-order valence-electron chi connectivity index (χ1n) is 6.66. The largest absolute Gasteiger partial charge is 0.268 e. The number of thioether (sulfide) groups is 1. The zero-order valence-corrected chi connectivity index (χ0v) is 12.7. The van der Waals surface area contributed by atoms with Crippen LogP contribution in [0.4, 0.5) is 0 Å². The van der Waals surface area contributed by atoms with Crippen LogP contribution in [0.2, 0.25) is 0 Å². The molecule has 0 bridgehead atoms. The van der Waals surface area contributed by atoms with Crippen LogP contribution in [0.5, 0.6) is 0 Å². The van der Waals surface area contributed by atoms with Gasteiger partial charge in [0.2, 0.25) is 0 Å². The highest BCUT2D eigenvalue weighted by Gasteiger charge is 2.13. The highest BCUT2D eigenvalue weighted by molar-refractivity contribution is 7.99. The maximum Gasteiger partial charge on any atom is 0.267 e. The monoisotopic (exact) mass is 308 g/mol. The summed E-state index contributed by atoms with van der Waals surface area (Å²) in [5.74, 6) is 0.736. The number of para-hydroxylation sites is 1. The topological polar surface area (TPSA) is 71.6 Å². The molecule has 108 valence electrons. The molecule has 0 fully saturated rings. The van der Waals surface area contributed by atoms with Gasteiger partial charge in [-0.1, -0.05) is 30.0 Å². The molecule has 0 spiro atoms. The molecule has 0 saturated heterocycles. The number of pyridine rings is 1. The van der Waals surface area contributed by atoms with Gasteiger partial charge >= 0.3 is 0 Å². The number of aryl methyl sites for hydroxylation is 1. The Hall–Kier alpha value is -2.65. The fourth-order valence-electron chi connectivity index (χ4n) is 2.16. The maximum absolute atomic E-state index is 12.8. The third kappa shape index (κ3) is 2.59. The molecule has 0 amide bonds. The van der Waals surface area contributed by atoms with Crippen molar-refractivity contribution in [2.75, 3.05) is 5.75 Å². The fourth-order valence-corrected chi connectivity index (χ4v) is 2.82. The van der Waals surface area contributed by atoms with E-state index in [2.05, 4.69) is 16.0 Å². The normalized spacial score (nSPS) is 10.5. The van der Waals surface area contributed by atoms with Gasteiger partial charge in [-0.2, -0.15) is 5.26 Å². The minimum absolute atomic E-state index is 0.177. The van der Waals surface area contributed by atoms with Crippen molar-refractivity contribution >= 4 is 22.7 Å². The molecule has 5 nitrogen and oxygen atoms in total. The average Bonchev–Trinajstić information content (AvgIpc) is 2.53. The summed E-state index contributed by atoms with van der Waals surface area (Å²) in [7, 11) is 0. The van der Waals surface area contributed by atoms with E-state index >= 15 is 0 Å². The van der Waals surface area contributed by atoms with Crippen molar-refractivity contribution < 1.29 is 0 Å². The zero-order chi connectivity index (χ0) is 15.5. The van der Waals surface area contributed by atoms with Crippen LogP contribution >= 0.6 is 11.8 Å². The van der Waals surface area contributed by atoms with Crippen LogP contribution in [0.1, 0.15) is 5.69 Å². The van der Waals surface area contributed by atoms with Crippen LogP contribution in [0.15, 0.2) is 52.4 Å². The predicted octanol–water partition coefficient (Wildman–Crippen LogP) is 2.70. The first-order chi connectivity index (χ1) is 10.7. The summed E-state index contributed by atoms with van der Waals surface area (Å²) in [6.45, 7) is 1.87. The molecule has 3 aromatic rings. The Balaban J connectivity index is 2.32. The molecule has 0 unspecified atom stereocenters. The van der Waals surface area contributed by atoms with E-state index in [9.17, 15) is 4.79 Å². The van der Waals surface area contributed by atoms with Gasteiger partial charge in [-0.15, -0.1) is 0 Å². The first kappa shape index (κ1) is 14.3. The SMILES string of the molecule is Cc1cccc(-n2c(SCC#N)nc3ccccc3c2=O)n1. The van der Waals surface area contributed by atoms with Crippen molar-refractivity contribution in [1.82, 2.24) is 14.5 Å². The Morgan fingerprint density at radius 1 is 1.18 bits per heavy atom. The predicted molar refractivity (Wildman–Crippen MR) is 86.2 cm³/mol. The third-order valence-electron chi connectivity index (χ3n) is 3.11. The second-order valence-corrected chi connectivity index (χ2v) is 5.58. The standard InChI is InChI=1S/C16H12N4OS/c1-11-5-4-8-14(18-11)20-15(21)12-6-2-3-7-13(12)19-16(20)22-10-9-17/h2-8H,10H2,1H3. The van der Waals surface area contributed by atoms with Crippen molar-refractivity contribution in [3.05, 3.63) is 58.5 Å². The van der Waals surface area contributed by atoms with Crippen molar-refractivity contribution in [2.45, 2.75) is 12.1 Å². The van der Waals surface area contributed by atoms with Crippen LogP contribution in [-0.4, -0.2) is 20.3 Å². The highest BCUT2D eigenvalue weighted by atomic mass is 32.2. The molecule has 0 radical (unpaired) electrons. The van der Waals surface area contributed by atoms with Gasteiger partial charge in [-0.05, 0) is 31.2 Å². The van der Waals surface area contributed by atoms with Crippen LogP contribution in [0, 0.1) is 18.3 Å². The van der Waals surface area contributed by atoms with Gasteiger partial charge in [-0.25, -0.2) is 14.5 Å². The maximum atomic E-state index is 12.8. The van der Waals surface area contributed by atoms with E-state index in [0.717, 1.165) is 5.69 Å². The van der Waals surface area contributed by atoms with Crippen molar-refractivity contribution in [1.29, 1.82) is 5.26 Å². The lowest BCUT2D eigenvalue weighted by Crippen LogP contribution is -2.22. The number of nitriles is 1. The molecular weight excluding hydrogens is 296 g/mol. The lowest BCUT2D eigenvalue weighted by molar-refractivity contribution is 0.793. The van der Waals surface area contributed by atoms with Crippen molar-refractivity contribution in [3.63, 3.8) is 0 Å². The Bertz CT molecular complexity index is 943. The first-order valence-corrected chi connectivity index (χ1v) is 7.65. The lowest BCUT2D eigenvalue weighted by Gasteiger charge is -2.11. The lowest BCUT2D eigenvalue weighted by atomic mass is 10.2. The quantitative estimate of drug-likeness (QED) is 0.549. The van der Waals surface area contributed by atoms with E-state index in [1.165, 1.54) is 16.3 Å². The molecule has 0 aliphatic heterocycles. The summed E-state index contributed by atoms with van der Waals surface area (Å²) < 4.78 is 1.47. The Labute approximate surface area is 131 Å².